The summed E-state index contributed by atoms with van der Waals surface area (Å²) in [5, 5.41) is 13.1. The number of carbonyl (C=O) groups excluding carboxylic acids is 2. The largest absolute Gasteiger partial charge is 0.391 e. The Kier molecular flexibility index (Phi) is 6.83. The number of nitrogens with zero attached hydrogens (tertiary/aromatic N) is 2. The second kappa shape index (κ2) is 9.06. The van der Waals surface area contributed by atoms with E-state index in [-0.39, 0.29) is 30.8 Å². The summed E-state index contributed by atoms with van der Waals surface area (Å²) >= 11 is 1.60. The van der Waals surface area contributed by atoms with Crippen LogP contribution in [-0.2, 0) is 9.59 Å². The molecule has 7 nitrogen and oxygen atoms in total. The molecule has 1 fully saturated rings. The topological polar surface area (TPSA) is 109 Å². The molecule has 3 rings (SSSR count). The Hall–Kier alpha value is -2.29. The highest BCUT2D eigenvalue weighted by Gasteiger charge is 2.42. The second-order valence-electron chi connectivity index (χ2n) is 9.36. The molecule has 1 aromatic carbocycles. The van der Waals surface area contributed by atoms with E-state index < -0.39 is 23.6 Å². The molecule has 2 amide bonds. The number of β-amino-alcohol motifs (C(OH)–C–C–N with tert-alkyl or cyclic N) is 1. The molecule has 168 valence electrons. The molecule has 31 heavy (non-hydrogen) atoms. The molecule has 0 saturated carbocycles. The first-order valence-electron chi connectivity index (χ1n) is 10.5. The molecule has 0 radical (unpaired) electrons. The number of likely N-dealkylation sites (tertiary alicyclic amines) is 1. The normalized spacial score (nSPS) is 21.1. The summed E-state index contributed by atoms with van der Waals surface area (Å²) in [6.45, 7) is 9.67. The third-order valence-electron chi connectivity index (χ3n) is 5.84. The van der Waals surface area contributed by atoms with Gasteiger partial charge in [-0.2, -0.15) is 0 Å². The zero-order valence-electron chi connectivity index (χ0n) is 18.8. The van der Waals surface area contributed by atoms with E-state index in [1.807, 2.05) is 64.4 Å². The van der Waals surface area contributed by atoms with Crippen LogP contribution in [0, 0.1) is 12.3 Å². The number of nitrogens with two attached hydrogens (primary N) is 1. The minimum Gasteiger partial charge on any atom is -0.391 e. The molecule has 1 aromatic heterocycles. The average molecular weight is 445 g/mol. The number of aryl methyl sites for hydroxylation is 1. The van der Waals surface area contributed by atoms with Gasteiger partial charge in [0.2, 0.25) is 11.8 Å². The number of aliphatic hydroxyl groups is 1. The Morgan fingerprint density at radius 2 is 1.94 bits per heavy atom. The van der Waals surface area contributed by atoms with E-state index in [4.69, 9.17) is 5.73 Å². The van der Waals surface area contributed by atoms with Gasteiger partial charge in [-0.15, -0.1) is 11.3 Å². The molecular weight excluding hydrogens is 412 g/mol. The number of hydrogen-bond donors (Lipinski definition) is 3. The van der Waals surface area contributed by atoms with E-state index >= 15 is 0 Å². The zero-order chi connectivity index (χ0) is 22.9. The van der Waals surface area contributed by atoms with Crippen LogP contribution in [-0.4, -0.2) is 51.5 Å². The number of rotatable bonds is 5. The molecule has 2 aromatic rings. The third-order valence-corrected chi connectivity index (χ3v) is 6.82. The number of nitrogens with one attached hydrogen (secondary N) is 1. The van der Waals surface area contributed by atoms with Gasteiger partial charge in [0.05, 0.1) is 34.3 Å². The first-order chi connectivity index (χ1) is 14.5. The summed E-state index contributed by atoms with van der Waals surface area (Å²) in [5.74, 6) is -0.581. The molecule has 4 N–H and O–H groups in total. The van der Waals surface area contributed by atoms with Crippen LogP contribution in [0.4, 0.5) is 0 Å². The van der Waals surface area contributed by atoms with Crippen LogP contribution in [0.25, 0.3) is 10.4 Å². The van der Waals surface area contributed by atoms with Crippen LogP contribution in [0.3, 0.4) is 0 Å². The second-order valence-corrected chi connectivity index (χ2v) is 10.2. The lowest BCUT2D eigenvalue weighted by Crippen LogP contribution is -2.55. The lowest BCUT2D eigenvalue weighted by molar-refractivity contribution is -0.141. The summed E-state index contributed by atoms with van der Waals surface area (Å²) in [5.41, 5.74) is 10.6. The Morgan fingerprint density at radius 3 is 2.48 bits per heavy atom. The molecular formula is C23H32N4O3S. The fraction of sp³-hybridized carbons (Fsp3) is 0.522. The van der Waals surface area contributed by atoms with Gasteiger partial charge in [0.1, 0.15) is 6.04 Å². The molecule has 1 aliphatic rings. The van der Waals surface area contributed by atoms with Crippen molar-refractivity contribution in [1.29, 1.82) is 0 Å². The summed E-state index contributed by atoms with van der Waals surface area (Å²) < 4.78 is 0. The number of aliphatic hydroxyl groups excluding tert-OH is 1. The van der Waals surface area contributed by atoms with Gasteiger partial charge in [0.15, 0.2) is 0 Å². The van der Waals surface area contributed by atoms with Crippen molar-refractivity contribution in [3.63, 3.8) is 0 Å². The number of carbonyl (C=O) groups is 2. The number of benzene rings is 1. The predicted octanol–water partition coefficient (Wildman–Crippen LogP) is 2.63. The van der Waals surface area contributed by atoms with E-state index in [0.29, 0.717) is 0 Å². The smallest absolute Gasteiger partial charge is 0.243 e. The van der Waals surface area contributed by atoms with Crippen molar-refractivity contribution in [3.05, 3.63) is 41.0 Å². The quantitative estimate of drug-likeness (QED) is 0.657. The Balaban J connectivity index is 1.69. The molecule has 0 spiro atoms. The van der Waals surface area contributed by atoms with Crippen LogP contribution in [0.5, 0.6) is 0 Å². The van der Waals surface area contributed by atoms with E-state index in [1.54, 1.807) is 11.3 Å². The Labute approximate surface area is 187 Å². The van der Waals surface area contributed by atoms with Gasteiger partial charge in [0.25, 0.3) is 0 Å². The van der Waals surface area contributed by atoms with Gasteiger partial charge < -0.3 is 21.1 Å². The van der Waals surface area contributed by atoms with Crippen molar-refractivity contribution in [2.24, 2.45) is 11.1 Å². The lowest BCUT2D eigenvalue weighted by Gasteiger charge is -2.32. The number of hydrogen-bond acceptors (Lipinski definition) is 6. The standard InChI is InChI=1S/C23H32N4O3S/c1-13(15-6-8-16(9-7-15)19-14(2)25-12-31-19)26-21(29)18-10-17(28)11-27(18)22(30)20(24)23(3,4)5/h6-9,12-13,17-18,20,28H,10-11,24H2,1-5H3,(H,26,29)/t13-,17+,18+,20-/m1/s1. The molecule has 1 saturated heterocycles. The van der Waals surface area contributed by atoms with Gasteiger partial charge in [-0.1, -0.05) is 45.0 Å². The minimum absolute atomic E-state index is 0.123. The van der Waals surface area contributed by atoms with Crippen molar-refractivity contribution >= 4 is 23.2 Å². The monoisotopic (exact) mass is 444 g/mol. The maximum absolute atomic E-state index is 13.0. The van der Waals surface area contributed by atoms with Crippen LogP contribution in [0.2, 0.25) is 0 Å². The summed E-state index contributed by atoms with van der Waals surface area (Å²) in [6, 6.07) is 6.32. The van der Waals surface area contributed by atoms with E-state index in [0.717, 1.165) is 21.7 Å². The van der Waals surface area contributed by atoms with Crippen LogP contribution >= 0.6 is 11.3 Å². The fourth-order valence-electron chi connectivity index (χ4n) is 3.75. The summed E-state index contributed by atoms with van der Waals surface area (Å²) in [6.07, 6.45) is -0.519. The fourth-order valence-corrected chi connectivity index (χ4v) is 4.56. The lowest BCUT2D eigenvalue weighted by atomic mass is 9.86. The molecule has 0 unspecified atom stereocenters. The molecule has 2 heterocycles. The molecule has 1 aliphatic heterocycles. The van der Waals surface area contributed by atoms with Crippen molar-refractivity contribution < 1.29 is 14.7 Å². The van der Waals surface area contributed by atoms with E-state index in [1.165, 1.54) is 4.90 Å². The van der Waals surface area contributed by atoms with Crippen molar-refractivity contribution in [3.8, 4) is 10.4 Å². The average Bonchev–Trinajstić information content (AvgIpc) is 3.31. The summed E-state index contributed by atoms with van der Waals surface area (Å²) in [4.78, 5) is 32.7. The van der Waals surface area contributed by atoms with Gasteiger partial charge >= 0.3 is 0 Å². The first-order valence-corrected chi connectivity index (χ1v) is 11.4. The SMILES string of the molecule is Cc1ncsc1-c1ccc([C@@H](C)NC(=O)[C@@H]2C[C@H](O)CN2C(=O)[C@@H](N)C(C)(C)C)cc1. The van der Waals surface area contributed by atoms with Gasteiger partial charge in [-0.05, 0) is 30.4 Å². The van der Waals surface area contributed by atoms with Crippen LogP contribution in [0.15, 0.2) is 29.8 Å². The molecule has 0 bridgehead atoms. The zero-order valence-corrected chi connectivity index (χ0v) is 19.6. The molecule has 0 aliphatic carbocycles. The summed E-state index contributed by atoms with van der Waals surface area (Å²) in [7, 11) is 0. The van der Waals surface area contributed by atoms with Gasteiger partial charge in [-0.25, -0.2) is 4.98 Å². The van der Waals surface area contributed by atoms with Crippen molar-refractivity contribution in [1.82, 2.24) is 15.2 Å². The maximum atomic E-state index is 13.0. The Morgan fingerprint density at radius 1 is 1.29 bits per heavy atom. The highest BCUT2D eigenvalue weighted by molar-refractivity contribution is 7.13. The number of aromatic nitrogens is 1. The molecule has 4 atom stereocenters. The number of amides is 2. The highest BCUT2D eigenvalue weighted by atomic mass is 32.1. The van der Waals surface area contributed by atoms with Gasteiger partial charge in [-0.3, -0.25) is 9.59 Å². The Bertz CT molecular complexity index is 935. The van der Waals surface area contributed by atoms with E-state index in [2.05, 4.69) is 10.3 Å². The number of thiazole rings is 1. The van der Waals surface area contributed by atoms with Crippen molar-refractivity contribution in [2.75, 3.05) is 6.54 Å². The molecule has 8 heteroatoms. The van der Waals surface area contributed by atoms with Crippen LogP contribution < -0.4 is 11.1 Å². The first kappa shape index (κ1) is 23.4. The highest BCUT2D eigenvalue weighted by Crippen LogP contribution is 2.29. The van der Waals surface area contributed by atoms with Crippen molar-refractivity contribution in [2.45, 2.75) is 65.3 Å². The minimum atomic E-state index is -0.742. The van der Waals surface area contributed by atoms with E-state index in [9.17, 15) is 14.7 Å². The third kappa shape index (κ3) is 5.14. The van der Waals surface area contributed by atoms with Gasteiger partial charge in [0, 0.05) is 13.0 Å². The van der Waals surface area contributed by atoms with Crippen LogP contribution in [0.1, 0.15) is 51.4 Å². The maximum Gasteiger partial charge on any atom is 0.243 e. The predicted molar refractivity (Wildman–Crippen MR) is 122 cm³/mol.